The molecule has 1 aliphatic rings. The van der Waals surface area contributed by atoms with Crippen molar-refractivity contribution in [1.82, 2.24) is 9.97 Å². The highest BCUT2D eigenvalue weighted by Crippen LogP contribution is 2.39. The number of nitrogens with zero attached hydrogens (tertiary/aromatic N) is 3. The summed E-state index contributed by atoms with van der Waals surface area (Å²) in [6, 6.07) is 5.08. The second kappa shape index (κ2) is 6.33. The third-order valence-electron chi connectivity index (χ3n) is 4.26. The van der Waals surface area contributed by atoms with E-state index >= 15 is 0 Å². The summed E-state index contributed by atoms with van der Waals surface area (Å²) in [5.74, 6) is 2.01. The number of benzene rings is 1. The number of hydrazone groups is 1. The van der Waals surface area contributed by atoms with E-state index in [1.807, 2.05) is 6.92 Å². The minimum Gasteiger partial charge on any atom is -0.504 e. The first-order valence-corrected chi connectivity index (χ1v) is 8.92. The number of aromatic nitrogens is 2. The summed E-state index contributed by atoms with van der Waals surface area (Å²) < 4.78 is 5.11. The molecule has 2 aromatic heterocycles. The Morgan fingerprint density at radius 1 is 1.32 bits per heavy atom. The molecule has 2 heterocycles. The summed E-state index contributed by atoms with van der Waals surface area (Å²) in [6.07, 6.45) is 5.08. The highest BCUT2D eigenvalue weighted by molar-refractivity contribution is 7.19. The monoisotopic (exact) mass is 354 g/mol. The maximum Gasteiger partial charge on any atom is 0.161 e. The Hall–Kier alpha value is -2.67. The molecule has 0 saturated carbocycles. The summed E-state index contributed by atoms with van der Waals surface area (Å²) in [5, 5.41) is 15.1. The van der Waals surface area contributed by atoms with Gasteiger partial charge in [-0.15, -0.1) is 11.3 Å². The molecule has 7 heteroatoms. The number of phenols is 1. The normalized spacial score (nSPS) is 13.5. The molecular formula is C18H18N4O2S. The lowest BCUT2D eigenvalue weighted by molar-refractivity contribution is 0.373. The summed E-state index contributed by atoms with van der Waals surface area (Å²) in [5.41, 5.74) is 5.25. The van der Waals surface area contributed by atoms with Gasteiger partial charge in [0.15, 0.2) is 17.3 Å². The van der Waals surface area contributed by atoms with Gasteiger partial charge in [-0.2, -0.15) is 5.10 Å². The zero-order chi connectivity index (χ0) is 17.4. The Bertz CT molecular complexity index is 981. The molecule has 2 N–H and O–H groups in total. The van der Waals surface area contributed by atoms with Crippen LogP contribution in [-0.4, -0.2) is 28.4 Å². The van der Waals surface area contributed by atoms with Gasteiger partial charge in [0.2, 0.25) is 0 Å². The number of ether oxygens (including phenoxy) is 1. The summed E-state index contributed by atoms with van der Waals surface area (Å²) in [7, 11) is 1.52. The molecule has 0 amide bonds. The van der Waals surface area contributed by atoms with Gasteiger partial charge in [-0.3, -0.25) is 5.43 Å². The lowest BCUT2D eigenvalue weighted by Gasteiger charge is -2.05. The molecular weight excluding hydrogens is 336 g/mol. The van der Waals surface area contributed by atoms with Gasteiger partial charge in [0.05, 0.1) is 18.7 Å². The smallest absolute Gasteiger partial charge is 0.161 e. The van der Waals surface area contributed by atoms with Crippen LogP contribution in [0.2, 0.25) is 0 Å². The van der Waals surface area contributed by atoms with Gasteiger partial charge >= 0.3 is 0 Å². The molecule has 4 rings (SSSR count). The molecule has 0 fully saturated rings. The summed E-state index contributed by atoms with van der Waals surface area (Å²) in [6.45, 7) is 1.89. The van der Waals surface area contributed by atoms with Crippen LogP contribution in [0.4, 0.5) is 5.82 Å². The maximum atomic E-state index is 9.65. The number of methoxy groups -OCH3 is 1. The molecule has 1 aromatic carbocycles. The van der Waals surface area contributed by atoms with E-state index in [2.05, 4.69) is 20.5 Å². The zero-order valence-electron chi connectivity index (χ0n) is 14.0. The average molecular weight is 354 g/mol. The highest BCUT2D eigenvalue weighted by Gasteiger charge is 2.21. The topological polar surface area (TPSA) is 79.6 Å². The number of phenolic OH excluding ortho intramolecular Hbond substituents is 1. The molecule has 0 saturated heterocycles. The van der Waals surface area contributed by atoms with E-state index in [4.69, 9.17) is 4.74 Å². The van der Waals surface area contributed by atoms with Crippen LogP contribution in [0.3, 0.4) is 0 Å². The van der Waals surface area contributed by atoms with Gasteiger partial charge in [0.1, 0.15) is 10.7 Å². The summed E-state index contributed by atoms with van der Waals surface area (Å²) in [4.78, 5) is 11.6. The van der Waals surface area contributed by atoms with Crippen LogP contribution in [0.15, 0.2) is 23.3 Å². The largest absolute Gasteiger partial charge is 0.504 e. The Morgan fingerprint density at radius 3 is 3.04 bits per heavy atom. The first-order valence-electron chi connectivity index (χ1n) is 8.10. The van der Waals surface area contributed by atoms with Crippen LogP contribution in [0.25, 0.3) is 10.2 Å². The fraction of sp³-hybridized carbons (Fsp3) is 0.278. The molecule has 0 radical (unpaired) electrons. The van der Waals surface area contributed by atoms with Crippen molar-refractivity contribution in [3.63, 3.8) is 0 Å². The van der Waals surface area contributed by atoms with Crippen molar-refractivity contribution < 1.29 is 9.84 Å². The molecule has 6 nitrogen and oxygen atoms in total. The molecule has 25 heavy (non-hydrogen) atoms. The lowest BCUT2D eigenvalue weighted by atomic mass is 10.2. The number of thiophene rings is 1. The van der Waals surface area contributed by atoms with Crippen LogP contribution < -0.4 is 10.2 Å². The zero-order valence-corrected chi connectivity index (χ0v) is 14.9. The van der Waals surface area contributed by atoms with Crippen LogP contribution in [0.5, 0.6) is 11.5 Å². The van der Waals surface area contributed by atoms with Crippen molar-refractivity contribution in [2.45, 2.75) is 26.2 Å². The minimum absolute atomic E-state index is 0.106. The third kappa shape index (κ3) is 2.91. The number of rotatable bonds is 4. The van der Waals surface area contributed by atoms with E-state index in [-0.39, 0.29) is 5.75 Å². The standard InChI is InChI=1S/C18H18N4O2S/c1-10-20-17(16-12-4-3-5-15(12)25-18(16)21-10)22-19-9-11-6-7-13(23)14(8-11)24-2/h6-9,23H,3-5H2,1-2H3,(H,20,21,22). The molecule has 128 valence electrons. The number of aryl methyl sites for hydroxylation is 3. The molecule has 0 spiro atoms. The third-order valence-corrected chi connectivity index (χ3v) is 5.45. The Morgan fingerprint density at radius 2 is 2.20 bits per heavy atom. The number of fused-ring (bicyclic) bond motifs is 3. The van der Waals surface area contributed by atoms with Gasteiger partial charge in [0.25, 0.3) is 0 Å². The van der Waals surface area contributed by atoms with Crippen molar-refractivity contribution in [3.8, 4) is 11.5 Å². The fourth-order valence-corrected chi connectivity index (χ4v) is 4.43. The van der Waals surface area contributed by atoms with E-state index in [1.54, 1.807) is 35.8 Å². The van der Waals surface area contributed by atoms with Crippen LogP contribution in [0, 0.1) is 6.92 Å². The second-order valence-electron chi connectivity index (χ2n) is 5.96. The van der Waals surface area contributed by atoms with Crippen molar-refractivity contribution in [2.75, 3.05) is 12.5 Å². The maximum absolute atomic E-state index is 9.65. The van der Waals surface area contributed by atoms with Gasteiger partial charge in [-0.25, -0.2) is 9.97 Å². The number of anilines is 1. The Kier molecular flexibility index (Phi) is 4.01. The van der Waals surface area contributed by atoms with Gasteiger partial charge in [-0.05, 0) is 55.5 Å². The van der Waals surface area contributed by atoms with Crippen molar-refractivity contribution in [2.24, 2.45) is 5.10 Å². The first-order chi connectivity index (χ1) is 12.2. The van der Waals surface area contributed by atoms with E-state index in [0.717, 1.165) is 40.3 Å². The molecule has 3 aromatic rings. The van der Waals surface area contributed by atoms with E-state index in [9.17, 15) is 5.11 Å². The minimum atomic E-state index is 0.106. The Labute approximate surface area is 149 Å². The number of aromatic hydroxyl groups is 1. The molecule has 0 unspecified atom stereocenters. The van der Waals surface area contributed by atoms with Crippen molar-refractivity contribution in [3.05, 3.63) is 40.0 Å². The second-order valence-corrected chi connectivity index (χ2v) is 7.04. The average Bonchev–Trinajstić information content (AvgIpc) is 3.16. The predicted octanol–water partition coefficient (Wildman–Crippen LogP) is 3.65. The van der Waals surface area contributed by atoms with Gasteiger partial charge in [0, 0.05) is 4.88 Å². The predicted molar refractivity (Wildman–Crippen MR) is 100 cm³/mol. The summed E-state index contributed by atoms with van der Waals surface area (Å²) >= 11 is 1.76. The van der Waals surface area contributed by atoms with Crippen LogP contribution in [0.1, 0.15) is 28.2 Å². The van der Waals surface area contributed by atoms with Crippen LogP contribution >= 0.6 is 11.3 Å². The van der Waals surface area contributed by atoms with E-state index in [0.29, 0.717) is 5.75 Å². The fourth-order valence-electron chi connectivity index (χ4n) is 3.13. The SMILES string of the molecule is COc1cc(C=NNc2nc(C)nc3sc4c(c23)CCC4)ccc1O. The molecule has 0 bridgehead atoms. The molecule has 1 aliphatic carbocycles. The van der Waals surface area contributed by atoms with Crippen molar-refractivity contribution in [1.29, 1.82) is 0 Å². The van der Waals surface area contributed by atoms with Gasteiger partial charge in [-0.1, -0.05) is 0 Å². The number of hydrogen-bond acceptors (Lipinski definition) is 7. The number of nitrogens with one attached hydrogen (secondary N) is 1. The van der Waals surface area contributed by atoms with E-state index < -0.39 is 0 Å². The van der Waals surface area contributed by atoms with Gasteiger partial charge < -0.3 is 9.84 Å². The van der Waals surface area contributed by atoms with Crippen molar-refractivity contribution >= 4 is 33.6 Å². The first kappa shape index (κ1) is 15.8. The molecule has 0 aliphatic heterocycles. The highest BCUT2D eigenvalue weighted by atomic mass is 32.1. The van der Waals surface area contributed by atoms with Crippen LogP contribution in [-0.2, 0) is 12.8 Å². The Balaban J connectivity index is 1.65. The quantitative estimate of drug-likeness (QED) is 0.552. The lowest BCUT2D eigenvalue weighted by Crippen LogP contribution is -1.99. The number of hydrogen-bond donors (Lipinski definition) is 2. The molecule has 0 atom stereocenters. The van der Waals surface area contributed by atoms with E-state index in [1.165, 1.54) is 24.0 Å².